The first-order valence-corrected chi connectivity index (χ1v) is 10.00. The number of thiazole rings is 1. The van der Waals surface area contributed by atoms with Gasteiger partial charge in [-0.2, -0.15) is 13.2 Å². The number of nitrogens with one attached hydrogen (secondary N) is 1. The fourth-order valence-corrected chi connectivity index (χ4v) is 4.18. The van der Waals surface area contributed by atoms with E-state index >= 15 is 0 Å². The van der Waals surface area contributed by atoms with Crippen LogP contribution in [0.25, 0.3) is 11.3 Å². The summed E-state index contributed by atoms with van der Waals surface area (Å²) in [5.41, 5.74) is 5.30. The van der Waals surface area contributed by atoms with Crippen LogP contribution in [0.3, 0.4) is 0 Å². The van der Waals surface area contributed by atoms with Gasteiger partial charge in [0.15, 0.2) is 4.34 Å². The smallest absolute Gasteiger partial charge is 0.369 e. The van der Waals surface area contributed by atoms with Gasteiger partial charge in [0.1, 0.15) is 10.7 Å². The number of carbonyl (C=O) groups excluding carboxylic acids is 2. The van der Waals surface area contributed by atoms with E-state index in [0.29, 0.717) is 20.6 Å². The van der Waals surface area contributed by atoms with Gasteiger partial charge in [-0.15, -0.1) is 0 Å². The third-order valence-corrected chi connectivity index (χ3v) is 5.81. The summed E-state index contributed by atoms with van der Waals surface area (Å²) in [6.45, 7) is 0. The summed E-state index contributed by atoms with van der Waals surface area (Å²) in [4.78, 5) is 28.0. The highest BCUT2D eigenvalue weighted by Crippen LogP contribution is 2.38. The molecule has 0 spiro atoms. The lowest BCUT2D eigenvalue weighted by molar-refractivity contribution is -0.137. The molecule has 0 fully saturated rings. The summed E-state index contributed by atoms with van der Waals surface area (Å²) in [5, 5.41) is 3.00. The Morgan fingerprint density at radius 2 is 1.83 bits per heavy atom. The van der Waals surface area contributed by atoms with Gasteiger partial charge >= 0.3 is 6.18 Å². The van der Waals surface area contributed by atoms with Crippen molar-refractivity contribution in [2.75, 3.05) is 11.1 Å². The van der Waals surface area contributed by atoms with Crippen LogP contribution in [0.15, 0.2) is 58.9 Å². The van der Waals surface area contributed by atoms with Gasteiger partial charge in [-0.3, -0.25) is 9.59 Å². The Bertz CT molecular complexity index is 1040. The largest absolute Gasteiger partial charge is 0.416 e. The van der Waals surface area contributed by atoms with Crippen molar-refractivity contribution in [3.63, 3.8) is 0 Å². The van der Waals surface area contributed by atoms with Crippen molar-refractivity contribution >= 4 is 39.9 Å². The van der Waals surface area contributed by atoms with Crippen LogP contribution in [0, 0.1) is 0 Å². The second-order valence-corrected chi connectivity index (χ2v) is 8.03. The number of anilines is 1. The number of nitrogens with two attached hydrogens (primary N) is 1. The average molecular weight is 437 g/mol. The van der Waals surface area contributed by atoms with Crippen LogP contribution in [-0.2, 0) is 11.0 Å². The van der Waals surface area contributed by atoms with E-state index in [-0.39, 0.29) is 11.3 Å². The first-order valence-electron chi connectivity index (χ1n) is 8.20. The number of hydrogen-bond donors (Lipinski definition) is 2. The first-order chi connectivity index (χ1) is 13.7. The minimum Gasteiger partial charge on any atom is -0.369 e. The van der Waals surface area contributed by atoms with Gasteiger partial charge < -0.3 is 11.1 Å². The Kier molecular flexibility index (Phi) is 6.23. The molecule has 10 heteroatoms. The third kappa shape index (κ3) is 5.36. The van der Waals surface area contributed by atoms with Gasteiger partial charge in [0.25, 0.3) is 5.91 Å². The number of thioether (sulfide) groups is 1. The normalized spacial score (nSPS) is 11.3. The molecule has 0 aliphatic heterocycles. The second kappa shape index (κ2) is 8.66. The highest BCUT2D eigenvalue weighted by molar-refractivity contribution is 8.01. The predicted molar refractivity (Wildman–Crippen MR) is 107 cm³/mol. The molecule has 1 heterocycles. The van der Waals surface area contributed by atoms with E-state index in [4.69, 9.17) is 5.73 Å². The molecule has 3 N–H and O–H groups in total. The number of halogens is 3. The molecule has 3 rings (SSSR count). The van der Waals surface area contributed by atoms with Crippen LogP contribution in [0.4, 0.5) is 18.2 Å². The summed E-state index contributed by atoms with van der Waals surface area (Å²) in [7, 11) is 0. The van der Waals surface area contributed by atoms with Crippen molar-refractivity contribution in [2.45, 2.75) is 10.5 Å². The molecule has 2 aromatic carbocycles. The van der Waals surface area contributed by atoms with Gasteiger partial charge in [0.05, 0.1) is 11.3 Å². The molecular weight excluding hydrogens is 423 g/mol. The summed E-state index contributed by atoms with van der Waals surface area (Å²) < 4.78 is 39.3. The molecule has 0 aliphatic carbocycles. The molecule has 0 saturated heterocycles. The predicted octanol–water partition coefficient (Wildman–Crippen LogP) is 4.66. The zero-order valence-electron chi connectivity index (χ0n) is 14.7. The van der Waals surface area contributed by atoms with E-state index in [0.717, 1.165) is 35.2 Å². The molecule has 29 heavy (non-hydrogen) atoms. The Balaban J connectivity index is 1.91. The fourth-order valence-electron chi connectivity index (χ4n) is 2.38. The lowest BCUT2D eigenvalue weighted by Crippen LogP contribution is -2.13. The molecule has 0 radical (unpaired) electrons. The number of aromatic nitrogens is 1. The molecule has 0 aliphatic rings. The maximum Gasteiger partial charge on any atom is 0.416 e. The maximum absolute atomic E-state index is 12.9. The zero-order chi connectivity index (χ0) is 21.0. The number of alkyl halides is 3. The van der Waals surface area contributed by atoms with E-state index in [9.17, 15) is 22.8 Å². The lowest BCUT2D eigenvalue weighted by Gasteiger charge is -2.09. The Morgan fingerprint density at radius 3 is 2.48 bits per heavy atom. The Morgan fingerprint density at radius 1 is 1.10 bits per heavy atom. The standard InChI is InChI=1S/C19H14F3N3O2S2/c20-19(21,22)13-8-4-7-12(9-13)16(27)25-17-15(11-5-2-1-3-6-11)24-18(29-17)28-10-14(23)26/h1-9H,10H2,(H2,23,26)(H,25,27). The van der Waals surface area contributed by atoms with E-state index < -0.39 is 23.6 Å². The molecule has 0 unspecified atom stereocenters. The molecule has 0 bridgehead atoms. The summed E-state index contributed by atoms with van der Waals surface area (Å²) in [5.74, 6) is -1.19. The van der Waals surface area contributed by atoms with E-state index in [2.05, 4.69) is 10.3 Å². The number of rotatable bonds is 6. The molecular formula is C19H14F3N3O2S2. The van der Waals surface area contributed by atoms with Crippen molar-refractivity contribution in [1.82, 2.24) is 4.98 Å². The first kappa shape index (κ1) is 20.9. The number of nitrogens with zero attached hydrogens (tertiary/aromatic N) is 1. The summed E-state index contributed by atoms with van der Waals surface area (Å²) in [6, 6.07) is 13.2. The summed E-state index contributed by atoms with van der Waals surface area (Å²) >= 11 is 2.24. The monoisotopic (exact) mass is 437 g/mol. The number of benzene rings is 2. The van der Waals surface area contributed by atoms with Crippen molar-refractivity contribution in [3.05, 3.63) is 65.7 Å². The minimum absolute atomic E-state index is 0.0166. The highest BCUT2D eigenvalue weighted by Gasteiger charge is 2.31. The van der Waals surface area contributed by atoms with Gasteiger partial charge in [0, 0.05) is 11.1 Å². The summed E-state index contributed by atoms with van der Waals surface area (Å²) in [6.07, 6.45) is -4.55. The molecule has 0 saturated carbocycles. The number of amides is 2. The van der Waals surface area contributed by atoms with E-state index in [1.807, 2.05) is 6.07 Å². The van der Waals surface area contributed by atoms with Crippen LogP contribution < -0.4 is 11.1 Å². The molecule has 1 aromatic heterocycles. The van der Waals surface area contributed by atoms with Crippen molar-refractivity contribution in [3.8, 4) is 11.3 Å². The average Bonchev–Trinajstić information content (AvgIpc) is 3.09. The number of carbonyl (C=O) groups is 2. The highest BCUT2D eigenvalue weighted by atomic mass is 32.2. The Labute approximate surface area is 172 Å². The number of primary amides is 1. The minimum atomic E-state index is -4.55. The van der Waals surface area contributed by atoms with Crippen LogP contribution in [0.1, 0.15) is 15.9 Å². The zero-order valence-corrected chi connectivity index (χ0v) is 16.3. The van der Waals surface area contributed by atoms with Crippen LogP contribution in [0.2, 0.25) is 0 Å². The van der Waals surface area contributed by atoms with Crippen LogP contribution >= 0.6 is 23.1 Å². The van der Waals surface area contributed by atoms with E-state index in [1.54, 1.807) is 24.3 Å². The molecule has 0 atom stereocenters. The quantitative estimate of drug-likeness (QED) is 0.550. The van der Waals surface area contributed by atoms with Crippen molar-refractivity contribution in [2.24, 2.45) is 5.73 Å². The number of hydrogen-bond acceptors (Lipinski definition) is 5. The van der Waals surface area contributed by atoms with Crippen molar-refractivity contribution in [1.29, 1.82) is 0 Å². The maximum atomic E-state index is 12.9. The molecule has 2 amide bonds. The van der Waals surface area contributed by atoms with Crippen molar-refractivity contribution < 1.29 is 22.8 Å². The molecule has 5 nitrogen and oxygen atoms in total. The lowest BCUT2D eigenvalue weighted by atomic mass is 10.1. The van der Waals surface area contributed by atoms with Gasteiger partial charge in [-0.05, 0) is 18.2 Å². The van der Waals surface area contributed by atoms with Gasteiger partial charge in [0.2, 0.25) is 5.91 Å². The fraction of sp³-hybridized carbons (Fsp3) is 0.105. The third-order valence-electron chi connectivity index (χ3n) is 3.67. The SMILES string of the molecule is NC(=O)CSc1nc(-c2ccccc2)c(NC(=O)c2cccc(C(F)(F)F)c2)s1. The molecule has 3 aromatic rings. The van der Waals surface area contributed by atoms with Gasteiger partial charge in [-0.25, -0.2) is 4.98 Å². The second-order valence-electron chi connectivity index (χ2n) is 5.81. The van der Waals surface area contributed by atoms with Crippen LogP contribution in [-0.4, -0.2) is 22.6 Å². The van der Waals surface area contributed by atoms with E-state index in [1.165, 1.54) is 12.1 Å². The topological polar surface area (TPSA) is 85.1 Å². The Hall–Kier alpha value is -2.85. The van der Waals surface area contributed by atoms with Gasteiger partial charge in [-0.1, -0.05) is 59.5 Å². The molecule has 150 valence electrons. The van der Waals surface area contributed by atoms with Crippen LogP contribution in [0.5, 0.6) is 0 Å².